The Morgan fingerprint density at radius 1 is 0.981 bits per heavy atom. The molecule has 2 aromatic carbocycles. The monoisotopic (exact) mass is 814 g/mol. The molecular formula is C35H38Cl2F2N4O8S2. The van der Waals surface area contributed by atoms with Gasteiger partial charge in [-0.1, -0.05) is 29.3 Å². The Bertz CT molecular complexity index is 1910. The van der Waals surface area contributed by atoms with E-state index in [1.165, 1.54) is 55.9 Å². The van der Waals surface area contributed by atoms with Crippen LogP contribution in [0.25, 0.3) is 0 Å². The number of pyridine rings is 1. The zero-order valence-electron chi connectivity index (χ0n) is 28.9. The first-order chi connectivity index (χ1) is 25.3. The summed E-state index contributed by atoms with van der Waals surface area (Å²) in [6.45, 7) is -0.542. The lowest BCUT2D eigenvalue weighted by Gasteiger charge is -2.32. The van der Waals surface area contributed by atoms with Crippen LogP contribution in [0.1, 0.15) is 40.4 Å². The van der Waals surface area contributed by atoms with Crippen molar-refractivity contribution in [2.24, 2.45) is 5.92 Å². The number of amides is 1. The molecule has 6 rings (SSSR count). The van der Waals surface area contributed by atoms with Crippen molar-refractivity contribution < 1.29 is 45.7 Å². The van der Waals surface area contributed by atoms with Gasteiger partial charge < -0.3 is 28.7 Å². The van der Waals surface area contributed by atoms with Crippen LogP contribution in [0.15, 0.2) is 53.7 Å². The van der Waals surface area contributed by atoms with Gasteiger partial charge in [-0.3, -0.25) is 9.78 Å². The Kier molecular flexibility index (Phi) is 12.6. The Morgan fingerprint density at radius 2 is 1.68 bits per heavy atom. The quantitative estimate of drug-likeness (QED) is 0.184. The molecule has 3 fully saturated rings. The van der Waals surface area contributed by atoms with Gasteiger partial charge in [0.25, 0.3) is 5.91 Å². The van der Waals surface area contributed by atoms with Gasteiger partial charge in [-0.15, -0.1) is 11.8 Å². The standard InChI is InChI=1S/C35H38Cl2F2N4O8S2/c1-41-9-11-42(12-10-41)32(44)25-16-23(6-8-28(25)48-2)53(46,47)43-13-14-52-33(43)34(45)50-30(17-24-26(36)18-40-19-27(24)37)22-5-7-29(51-35(38)39)31(15-22)49-20-21-3-4-21/h5-8,15-16,18-19,21,30,33,35H,3-4,9-14,17,20H2,1-2H3/t30-,33?/m0/s1. The second-order valence-electron chi connectivity index (χ2n) is 12.8. The Balaban J connectivity index is 1.29. The minimum atomic E-state index is -4.34. The zero-order chi connectivity index (χ0) is 37.9. The fourth-order valence-corrected chi connectivity index (χ4v) is 9.58. The predicted molar refractivity (Wildman–Crippen MR) is 195 cm³/mol. The van der Waals surface area contributed by atoms with Gasteiger partial charge in [0.2, 0.25) is 10.0 Å². The van der Waals surface area contributed by atoms with Crippen LogP contribution >= 0.6 is 35.0 Å². The van der Waals surface area contributed by atoms with E-state index in [4.69, 9.17) is 42.1 Å². The number of sulfonamides is 1. The fraction of sp³-hybridized carbons (Fsp3) is 0.457. The third-order valence-corrected chi connectivity index (χ3v) is 13.0. The molecule has 0 spiro atoms. The molecule has 0 N–H and O–H groups in total. The molecule has 286 valence electrons. The smallest absolute Gasteiger partial charge is 0.387 e. The van der Waals surface area contributed by atoms with E-state index < -0.39 is 34.1 Å². The van der Waals surface area contributed by atoms with Crippen LogP contribution in [0, 0.1) is 5.92 Å². The van der Waals surface area contributed by atoms with E-state index in [1.807, 2.05) is 7.05 Å². The number of carbonyl (C=O) groups excluding carboxylic acids is 2. The zero-order valence-corrected chi connectivity index (χ0v) is 32.0. The van der Waals surface area contributed by atoms with Crippen LogP contribution < -0.4 is 14.2 Å². The molecule has 1 aromatic heterocycles. The fourth-order valence-electron chi connectivity index (χ4n) is 5.98. The van der Waals surface area contributed by atoms with Crippen molar-refractivity contribution in [1.29, 1.82) is 0 Å². The molecule has 0 radical (unpaired) electrons. The molecule has 0 bridgehead atoms. The summed E-state index contributed by atoms with van der Waals surface area (Å²) in [4.78, 5) is 35.1. The highest BCUT2D eigenvalue weighted by Gasteiger charge is 2.43. The van der Waals surface area contributed by atoms with Gasteiger partial charge in [0, 0.05) is 57.3 Å². The lowest BCUT2D eigenvalue weighted by Crippen LogP contribution is -2.47. The number of halogens is 4. The minimum Gasteiger partial charge on any atom is -0.496 e. The number of rotatable bonds is 14. The van der Waals surface area contributed by atoms with Crippen LogP contribution in [0.4, 0.5) is 8.78 Å². The number of thioether (sulfide) groups is 1. The maximum Gasteiger partial charge on any atom is 0.387 e. The number of nitrogens with zero attached hydrogens (tertiary/aromatic N) is 4. The van der Waals surface area contributed by atoms with Gasteiger partial charge in [0.05, 0.1) is 34.2 Å². The molecule has 1 amide bonds. The number of hydrogen-bond acceptors (Lipinski definition) is 11. The highest BCUT2D eigenvalue weighted by molar-refractivity contribution is 8.02. The first-order valence-corrected chi connectivity index (χ1v) is 20.1. The average molecular weight is 816 g/mol. The summed E-state index contributed by atoms with van der Waals surface area (Å²) >= 11 is 14.0. The third kappa shape index (κ3) is 9.28. The summed E-state index contributed by atoms with van der Waals surface area (Å²) in [5, 5.41) is -0.902. The number of carbonyl (C=O) groups is 2. The van der Waals surface area contributed by atoms with Gasteiger partial charge in [-0.25, -0.2) is 13.2 Å². The highest BCUT2D eigenvalue weighted by Crippen LogP contribution is 2.40. The maximum absolute atomic E-state index is 14.2. The van der Waals surface area contributed by atoms with Gasteiger partial charge in [-0.05, 0) is 67.3 Å². The van der Waals surface area contributed by atoms with Crippen molar-refractivity contribution in [1.82, 2.24) is 19.1 Å². The van der Waals surface area contributed by atoms with Gasteiger partial charge in [-0.2, -0.15) is 13.1 Å². The van der Waals surface area contributed by atoms with E-state index in [-0.39, 0.29) is 69.0 Å². The predicted octanol–water partition coefficient (Wildman–Crippen LogP) is 5.77. The van der Waals surface area contributed by atoms with Crippen molar-refractivity contribution in [3.63, 3.8) is 0 Å². The van der Waals surface area contributed by atoms with Crippen molar-refractivity contribution in [2.45, 2.75) is 42.2 Å². The van der Waals surface area contributed by atoms with E-state index in [0.717, 1.165) is 28.9 Å². The number of piperazine rings is 1. The molecule has 12 nitrogen and oxygen atoms in total. The lowest BCUT2D eigenvalue weighted by atomic mass is 10.0. The van der Waals surface area contributed by atoms with E-state index in [0.29, 0.717) is 43.2 Å². The first kappa shape index (κ1) is 39.3. The number of esters is 1. The number of aromatic nitrogens is 1. The van der Waals surface area contributed by atoms with E-state index in [9.17, 15) is 26.8 Å². The highest BCUT2D eigenvalue weighted by atomic mass is 35.5. The molecule has 53 heavy (non-hydrogen) atoms. The second-order valence-corrected chi connectivity index (χ2v) is 16.7. The summed E-state index contributed by atoms with van der Waals surface area (Å²) in [6, 6.07) is 8.25. The SMILES string of the molecule is COc1ccc(S(=O)(=O)N2CCSC2C(=O)O[C@@H](Cc2c(Cl)cncc2Cl)c2ccc(OC(F)F)c(OCC3CC3)c2)cc1C(=O)N1CCN(C)CC1. The van der Waals surface area contributed by atoms with E-state index in [1.54, 1.807) is 4.90 Å². The number of likely N-dealkylation sites (N-methyl/N-ethyl adjacent to an activating group) is 1. The van der Waals surface area contributed by atoms with Crippen molar-refractivity contribution >= 4 is 56.9 Å². The summed E-state index contributed by atoms with van der Waals surface area (Å²) in [5.41, 5.74) is 0.831. The Morgan fingerprint density at radius 3 is 2.34 bits per heavy atom. The van der Waals surface area contributed by atoms with Crippen LogP contribution in [-0.2, 0) is 26.0 Å². The van der Waals surface area contributed by atoms with Gasteiger partial charge >= 0.3 is 12.6 Å². The van der Waals surface area contributed by atoms with Crippen LogP contribution in [0.2, 0.25) is 10.0 Å². The topological polar surface area (TPSA) is 128 Å². The Labute approximate surface area is 320 Å². The number of ether oxygens (including phenoxy) is 4. The number of alkyl halides is 2. The van der Waals surface area contributed by atoms with Crippen LogP contribution in [0.3, 0.4) is 0 Å². The minimum absolute atomic E-state index is 0.00790. The largest absolute Gasteiger partial charge is 0.496 e. The first-order valence-electron chi connectivity index (χ1n) is 16.8. The lowest BCUT2D eigenvalue weighted by molar-refractivity contribution is -0.150. The summed E-state index contributed by atoms with van der Waals surface area (Å²) in [7, 11) is -0.982. The van der Waals surface area contributed by atoms with E-state index in [2.05, 4.69) is 9.88 Å². The van der Waals surface area contributed by atoms with Gasteiger partial charge in [0.15, 0.2) is 16.9 Å². The van der Waals surface area contributed by atoms with Crippen molar-refractivity contribution in [3.8, 4) is 17.2 Å². The van der Waals surface area contributed by atoms with Crippen molar-refractivity contribution in [3.05, 3.63) is 75.5 Å². The molecule has 1 saturated carbocycles. The van der Waals surface area contributed by atoms with Crippen LogP contribution in [0.5, 0.6) is 17.2 Å². The molecule has 1 aliphatic carbocycles. The molecule has 2 atom stereocenters. The number of methoxy groups -OCH3 is 1. The molecule has 2 aliphatic heterocycles. The summed E-state index contributed by atoms with van der Waals surface area (Å²) < 4.78 is 78.0. The normalized spacial score (nSPS) is 18.9. The molecule has 3 heterocycles. The molecule has 1 unspecified atom stereocenters. The summed E-state index contributed by atoms with van der Waals surface area (Å²) in [6.07, 6.45) is 3.47. The molecule has 18 heteroatoms. The summed E-state index contributed by atoms with van der Waals surface area (Å²) in [5.74, 6) is -0.597. The average Bonchev–Trinajstić information content (AvgIpc) is 3.83. The second kappa shape index (κ2) is 16.9. The van der Waals surface area contributed by atoms with E-state index >= 15 is 0 Å². The Hall–Kier alpha value is -3.41. The van der Waals surface area contributed by atoms with Crippen molar-refractivity contribution in [2.75, 3.05) is 59.2 Å². The van der Waals surface area contributed by atoms with Crippen LogP contribution in [-0.4, -0.2) is 111 Å². The maximum atomic E-state index is 14.2. The number of benzene rings is 2. The molecule has 3 aliphatic rings. The van der Waals surface area contributed by atoms with Gasteiger partial charge in [0.1, 0.15) is 11.9 Å². The third-order valence-electron chi connectivity index (χ3n) is 9.18. The molecule has 2 saturated heterocycles. The molecule has 3 aromatic rings. The molecular weight excluding hydrogens is 777 g/mol. The number of hydrogen-bond donors (Lipinski definition) is 0.